The van der Waals surface area contributed by atoms with Gasteiger partial charge in [-0.1, -0.05) is 6.07 Å². The number of carbonyl (C=O) groups excluding carboxylic acids is 1. The third-order valence-corrected chi connectivity index (χ3v) is 3.49. The first kappa shape index (κ1) is 15.0. The van der Waals surface area contributed by atoms with Crippen LogP contribution >= 0.6 is 0 Å². The Labute approximate surface area is 122 Å². The monoisotopic (exact) mass is 291 g/mol. The van der Waals surface area contributed by atoms with Crippen molar-refractivity contribution in [2.75, 3.05) is 5.43 Å². The number of nitrogens with one attached hydrogen (secondary N) is 2. The van der Waals surface area contributed by atoms with Crippen LogP contribution < -0.4 is 16.6 Å². The van der Waals surface area contributed by atoms with E-state index in [4.69, 9.17) is 5.84 Å². The lowest BCUT2D eigenvalue weighted by Crippen LogP contribution is -2.25. The van der Waals surface area contributed by atoms with Crippen LogP contribution in [0.15, 0.2) is 18.2 Å². The van der Waals surface area contributed by atoms with Crippen LogP contribution in [0.1, 0.15) is 27.3 Å². The maximum atomic E-state index is 13.6. The third-order valence-electron chi connectivity index (χ3n) is 3.49. The maximum absolute atomic E-state index is 13.6. The first-order valence-corrected chi connectivity index (χ1v) is 6.48. The molecule has 0 spiro atoms. The van der Waals surface area contributed by atoms with Crippen LogP contribution in [0.2, 0.25) is 0 Å². The van der Waals surface area contributed by atoms with Gasteiger partial charge in [-0.3, -0.25) is 15.3 Å². The lowest BCUT2D eigenvalue weighted by Gasteiger charge is -2.10. The van der Waals surface area contributed by atoms with Gasteiger partial charge in [0.25, 0.3) is 5.91 Å². The number of benzene rings is 1. The molecule has 2 aromatic rings. The van der Waals surface area contributed by atoms with Gasteiger partial charge in [-0.15, -0.1) is 0 Å². The molecular weight excluding hydrogens is 273 g/mol. The molecular formula is C14H18FN5O. The summed E-state index contributed by atoms with van der Waals surface area (Å²) in [5, 5.41) is 7.04. The Morgan fingerprint density at radius 1 is 1.43 bits per heavy atom. The summed E-state index contributed by atoms with van der Waals surface area (Å²) >= 11 is 0. The van der Waals surface area contributed by atoms with Gasteiger partial charge in [-0.25, -0.2) is 4.39 Å². The predicted octanol–water partition coefficient (Wildman–Crippen LogP) is 1.39. The van der Waals surface area contributed by atoms with Crippen molar-refractivity contribution in [2.24, 2.45) is 12.9 Å². The van der Waals surface area contributed by atoms with Crippen LogP contribution in [-0.2, 0) is 13.6 Å². The summed E-state index contributed by atoms with van der Waals surface area (Å²) in [6.45, 7) is 4.13. The number of amides is 1. The van der Waals surface area contributed by atoms with Crippen molar-refractivity contribution in [3.05, 3.63) is 46.5 Å². The Morgan fingerprint density at radius 3 is 2.71 bits per heavy atom. The van der Waals surface area contributed by atoms with E-state index in [0.717, 1.165) is 17.0 Å². The Hall–Kier alpha value is -2.41. The second-order valence-corrected chi connectivity index (χ2v) is 4.76. The van der Waals surface area contributed by atoms with Crippen molar-refractivity contribution in [3.63, 3.8) is 0 Å². The average molecular weight is 291 g/mol. The first-order chi connectivity index (χ1) is 9.95. The molecule has 0 fully saturated rings. The van der Waals surface area contributed by atoms with E-state index < -0.39 is 11.7 Å². The van der Waals surface area contributed by atoms with Gasteiger partial charge in [0.15, 0.2) is 0 Å². The molecule has 0 aliphatic rings. The van der Waals surface area contributed by atoms with Crippen LogP contribution in [0.3, 0.4) is 0 Å². The molecule has 0 saturated carbocycles. The molecule has 4 N–H and O–H groups in total. The molecule has 1 aromatic carbocycles. The van der Waals surface area contributed by atoms with Gasteiger partial charge in [0.1, 0.15) is 5.82 Å². The number of nitrogen functional groups attached to an aromatic ring is 1. The van der Waals surface area contributed by atoms with E-state index >= 15 is 0 Å². The Kier molecular flexibility index (Phi) is 4.23. The number of carbonyl (C=O) groups is 1. The van der Waals surface area contributed by atoms with E-state index in [1.54, 1.807) is 4.68 Å². The molecule has 6 nitrogen and oxygen atoms in total. The van der Waals surface area contributed by atoms with Crippen LogP contribution in [0.25, 0.3) is 0 Å². The molecule has 0 atom stereocenters. The third kappa shape index (κ3) is 2.87. The number of halogens is 1. The summed E-state index contributed by atoms with van der Waals surface area (Å²) in [7, 11) is 1.84. The Bertz CT molecular complexity index is 680. The number of para-hydroxylation sites is 1. The maximum Gasteiger partial charge on any atom is 0.253 e. The molecule has 2 rings (SSSR count). The number of aromatic nitrogens is 2. The van der Waals surface area contributed by atoms with Crippen molar-refractivity contribution < 1.29 is 9.18 Å². The second kappa shape index (κ2) is 5.92. The number of aryl methyl sites for hydroxylation is 2. The highest BCUT2D eigenvalue weighted by Gasteiger charge is 2.16. The number of anilines is 1. The number of nitrogens with zero attached hydrogens (tertiary/aromatic N) is 2. The normalized spacial score (nSPS) is 10.5. The highest BCUT2D eigenvalue weighted by atomic mass is 19.1. The van der Waals surface area contributed by atoms with Gasteiger partial charge in [0.2, 0.25) is 0 Å². The van der Waals surface area contributed by atoms with Gasteiger partial charge in [-0.2, -0.15) is 5.10 Å². The lowest BCUT2D eigenvalue weighted by molar-refractivity contribution is 0.0951. The zero-order chi connectivity index (χ0) is 15.6. The fraction of sp³-hybridized carbons (Fsp3) is 0.286. The number of hydrogen-bond donors (Lipinski definition) is 3. The molecule has 1 aromatic heterocycles. The van der Waals surface area contributed by atoms with Crippen LogP contribution in [0.4, 0.5) is 10.1 Å². The minimum Gasteiger partial charge on any atom is -0.348 e. The molecule has 112 valence electrons. The van der Waals surface area contributed by atoms with Gasteiger partial charge in [-0.05, 0) is 26.0 Å². The number of rotatable bonds is 4. The van der Waals surface area contributed by atoms with E-state index in [0.29, 0.717) is 6.54 Å². The molecule has 0 saturated heterocycles. The van der Waals surface area contributed by atoms with Crippen molar-refractivity contribution in [2.45, 2.75) is 20.4 Å². The zero-order valence-electron chi connectivity index (χ0n) is 12.2. The standard InChI is InChI=1S/C14H18FN5O/c1-8-11(9(2)20(3)19-8)7-17-14(21)10-5-4-6-12(15)13(10)18-16/h4-6,18H,7,16H2,1-3H3,(H,17,21). The van der Waals surface area contributed by atoms with Gasteiger partial charge >= 0.3 is 0 Å². The minimum atomic E-state index is -0.570. The highest BCUT2D eigenvalue weighted by molar-refractivity contribution is 5.99. The number of nitrogens with two attached hydrogens (primary N) is 1. The molecule has 0 bridgehead atoms. The second-order valence-electron chi connectivity index (χ2n) is 4.76. The molecule has 21 heavy (non-hydrogen) atoms. The highest BCUT2D eigenvalue weighted by Crippen LogP contribution is 2.19. The van der Waals surface area contributed by atoms with Crippen molar-refractivity contribution >= 4 is 11.6 Å². The molecule has 0 radical (unpaired) electrons. The van der Waals surface area contributed by atoms with Crippen LogP contribution in [-0.4, -0.2) is 15.7 Å². The fourth-order valence-electron chi connectivity index (χ4n) is 2.20. The smallest absolute Gasteiger partial charge is 0.253 e. The minimum absolute atomic E-state index is 0.0189. The van der Waals surface area contributed by atoms with Crippen molar-refractivity contribution in [3.8, 4) is 0 Å². The summed E-state index contributed by atoms with van der Waals surface area (Å²) in [6, 6.07) is 4.21. The van der Waals surface area contributed by atoms with Crippen molar-refractivity contribution in [1.29, 1.82) is 0 Å². The van der Waals surface area contributed by atoms with Gasteiger partial charge in [0, 0.05) is 24.8 Å². The molecule has 7 heteroatoms. The summed E-state index contributed by atoms with van der Waals surface area (Å²) < 4.78 is 15.3. The SMILES string of the molecule is Cc1nn(C)c(C)c1CNC(=O)c1cccc(F)c1NN. The van der Waals surface area contributed by atoms with Gasteiger partial charge < -0.3 is 10.7 Å². The molecule has 0 aliphatic carbocycles. The fourth-order valence-corrected chi connectivity index (χ4v) is 2.20. The zero-order valence-corrected chi connectivity index (χ0v) is 12.2. The predicted molar refractivity (Wildman–Crippen MR) is 78.1 cm³/mol. The van der Waals surface area contributed by atoms with E-state index in [9.17, 15) is 9.18 Å². The number of hydrogen-bond acceptors (Lipinski definition) is 4. The topological polar surface area (TPSA) is 85.0 Å². The largest absolute Gasteiger partial charge is 0.348 e. The van der Waals surface area contributed by atoms with Crippen LogP contribution in [0, 0.1) is 19.7 Å². The average Bonchev–Trinajstić information content (AvgIpc) is 2.69. The summed E-state index contributed by atoms with van der Waals surface area (Å²) in [5.74, 6) is 4.30. The Balaban J connectivity index is 2.18. The molecule has 1 amide bonds. The first-order valence-electron chi connectivity index (χ1n) is 6.48. The van der Waals surface area contributed by atoms with E-state index in [2.05, 4.69) is 15.8 Å². The molecule has 0 unspecified atom stereocenters. The summed E-state index contributed by atoms with van der Waals surface area (Å²) in [6.07, 6.45) is 0. The molecule has 1 heterocycles. The lowest BCUT2D eigenvalue weighted by atomic mass is 10.1. The molecule has 0 aliphatic heterocycles. The quantitative estimate of drug-likeness (QED) is 0.587. The summed E-state index contributed by atoms with van der Waals surface area (Å²) in [5.41, 5.74) is 5.14. The van der Waals surface area contributed by atoms with Gasteiger partial charge in [0.05, 0.1) is 16.9 Å². The summed E-state index contributed by atoms with van der Waals surface area (Å²) in [4.78, 5) is 12.2. The van der Waals surface area contributed by atoms with Crippen molar-refractivity contribution in [1.82, 2.24) is 15.1 Å². The van der Waals surface area contributed by atoms with E-state index in [1.807, 2.05) is 20.9 Å². The van der Waals surface area contributed by atoms with E-state index in [1.165, 1.54) is 18.2 Å². The number of hydrazine groups is 1. The van der Waals surface area contributed by atoms with E-state index in [-0.39, 0.29) is 11.3 Å². The Morgan fingerprint density at radius 2 is 2.14 bits per heavy atom. The van der Waals surface area contributed by atoms with Crippen LogP contribution in [0.5, 0.6) is 0 Å².